The molecule has 2 aliphatic heterocycles. The Morgan fingerprint density at radius 2 is 2.17 bits per heavy atom. The summed E-state index contributed by atoms with van der Waals surface area (Å²) in [6.07, 6.45) is 3.28. The molecule has 1 fully saturated rings. The highest BCUT2D eigenvalue weighted by Gasteiger charge is 2.41. The lowest BCUT2D eigenvalue weighted by Gasteiger charge is -2.43. The molecule has 0 atom stereocenters. The van der Waals surface area contributed by atoms with Crippen LogP contribution >= 0.6 is 0 Å². The first-order valence-electron chi connectivity index (χ1n) is 8.26. The zero-order chi connectivity index (χ0) is 16.3. The molecule has 126 valence electrons. The quantitative estimate of drug-likeness (QED) is 0.870. The Kier molecular flexibility index (Phi) is 4.71. The fourth-order valence-electron chi connectivity index (χ4n) is 2.98. The van der Waals surface area contributed by atoms with Crippen molar-refractivity contribution in [1.82, 2.24) is 10.2 Å². The molecule has 0 aromatic heterocycles. The Morgan fingerprint density at radius 3 is 2.91 bits per heavy atom. The van der Waals surface area contributed by atoms with Gasteiger partial charge in [-0.15, -0.1) is 0 Å². The molecule has 2 heterocycles. The Morgan fingerprint density at radius 1 is 1.39 bits per heavy atom. The van der Waals surface area contributed by atoms with Crippen LogP contribution in [-0.4, -0.2) is 36.4 Å². The predicted molar refractivity (Wildman–Crippen MR) is 83.7 cm³/mol. The number of carbonyl (C=O) groups excluding carboxylic acids is 1. The van der Waals surface area contributed by atoms with Gasteiger partial charge in [-0.2, -0.15) is 0 Å². The lowest BCUT2D eigenvalue weighted by Crippen LogP contribution is -2.54. The summed E-state index contributed by atoms with van der Waals surface area (Å²) >= 11 is 0. The maximum Gasteiger partial charge on any atom is 0.317 e. The SMILES string of the molecule is CCCCNC(=O)N1CCC2(CC1)OCc1cc(F)ccc1O2. The van der Waals surface area contributed by atoms with E-state index >= 15 is 0 Å². The van der Waals surface area contributed by atoms with E-state index in [-0.39, 0.29) is 11.8 Å². The number of benzene rings is 1. The second-order valence-electron chi connectivity index (χ2n) is 6.13. The molecule has 1 aromatic rings. The van der Waals surface area contributed by atoms with Gasteiger partial charge in [-0.25, -0.2) is 9.18 Å². The van der Waals surface area contributed by atoms with E-state index in [1.54, 1.807) is 11.0 Å². The molecule has 23 heavy (non-hydrogen) atoms. The molecular weight excluding hydrogens is 299 g/mol. The average Bonchev–Trinajstić information content (AvgIpc) is 2.56. The number of fused-ring (bicyclic) bond motifs is 1. The third-order valence-electron chi connectivity index (χ3n) is 4.43. The molecule has 1 N–H and O–H groups in total. The van der Waals surface area contributed by atoms with Crippen LogP contribution in [0, 0.1) is 5.82 Å². The molecule has 3 rings (SSSR count). The minimum absolute atomic E-state index is 0.0217. The van der Waals surface area contributed by atoms with Crippen LogP contribution in [0.5, 0.6) is 5.75 Å². The number of halogens is 1. The van der Waals surface area contributed by atoms with Crippen molar-refractivity contribution in [3.63, 3.8) is 0 Å². The number of ether oxygens (including phenoxy) is 2. The van der Waals surface area contributed by atoms with Crippen LogP contribution in [0.15, 0.2) is 18.2 Å². The minimum atomic E-state index is -0.689. The van der Waals surface area contributed by atoms with Gasteiger partial charge in [0.05, 0.1) is 6.61 Å². The summed E-state index contributed by atoms with van der Waals surface area (Å²) in [5.41, 5.74) is 0.732. The highest BCUT2D eigenvalue weighted by atomic mass is 19.1. The van der Waals surface area contributed by atoms with E-state index < -0.39 is 5.79 Å². The molecule has 2 aliphatic rings. The van der Waals surface area contributed by atoms with E-state index in [1.165, 1.54) is 12.1 Å². The summed E-state index contributed by atoms with van der Waals surface area (Å²) in [4.78, 5) is 13.9. The van der Waals surface area contributed by atoms with E-state index in [2.05, 4.69) is 12.2 Å². The van der Waals surface area contributed by atoms with E-state index in [4.69, 9.17) is 9.47 Å². The van der Waals surface area contributed by atoms with Crippen molar-refractivity contribution in [3.8, 4) is 5.75 Å². The van der Waals surface area contributed by atoms with E-state index in [0.29, 0.717) is 44.8 Å². The van der Waals surface area contributed by atoms with Crippen LogP contribution in [0.3, 0.4) is 0 Å². The standard InChI is InChI=1S/C17H23FN2O3/c1-2-3-8-19-16(21)20-9-6-17(7-10-20)22-12-13-11-14(18)4-5-15(13)23-17/h4-5,11H,2-3,6-10,12H2,1H3,(H,19,21). The average molecular weight is 322 g/mol. The van der Waals surface area contributed by atoms with Crippen LogP contribution in [0.1, 0.15) is 38.2 Å². The monoisotopic (exact) mass is 322 g/mol. The number of nitrogens with zero attached hydrogens (tertiary/aromatic N) is 1. The molecule has 1 spiro atoms. The number of rotatable bonds is 3. The molecule has 2 amide bonds. The van der Waals surface area contributed by atoms with Crippen LogP contribution in [0.2, 0.25) is 0 Å². The number of carbonyl (C=O) groups is 1. The highest BCUT2D eigenvalue weighted by molar-refractivity contribution is 5.74. The molecular formula is C17H23FN2O3. The summed E-state index contributed by atoms with van der Waals surface area (Å²) in [5.74, 6) is -0.297. The van der Waals surface area contributed by atoms with Crippen molar-refractivity contribution >= 4 is 6.03 Å². The molecule has 0 bridgehead atoms. The molecule has 1 saturated heterocycles. The number of piperidine rings is 1. The number of hydrogen-bond acceptors (Lipinski definition) is 3. The first kappa shape index (κ1) is 16.1. The van der Waals surface area contributed by atoms with Crippen LogP contribution in [0.4, 0.5) is 9.18 Å². The number of nitrogens with one attached hydrogen (secondary N) is 1. The van der Waals surface area contributed by atoms with Gasteiger partial charge >= 0.3 is 6.03 Å². The molecule has 5 nitrogen and oxygen atoms in total. The van der Waals surface area contributed by atoms with Crippen molar-refractivity contribution < 1.29 is 18.7 Å². The van der Waals surface area contributed by atoms with Crippen molar-refractivity contribution in [2.45, 2.75) is 45.0 Å². The molecule has 0 radical (unpaired) electrons. The fraction of sp³-hybridized carbons (Fsp3) is 0.588. The lowest BCUT2D eigenvalue weighted by molar-refractivity contribution is -0.225. The Balaban J connectivity index is 1.56. The van der Waals surface area contributed by atoms with Crippen molar-refractivity contribution in [2.24, 2.45) is 0 Å². The molecule has 6 heteroatoms. The van der Waals surface area contributed by atoms with Gasteiger partial charge in [0.15, 0.2) is 0 Å². The van der Waals surface area contributed by atoms with Crippen LogP contribution in [-0.2, 0) is 11.3 Å². The topological polar surface area (TPSA) is 50.8 Å². The lowest BCUT2D eigenvalue weighted by atomic mass is 10.0. The number of unbranched alkanes of at least 4 members (excludes halogenated alkanes) is 1. The Bertz CT molecular complexity index is 571. The van der Waals surface area contributed by atoms with E-state index in [0.717, 1.165) is 18.4 Å². The fourth-order valence-corrected chi connectivity index (χ4v) is 2.98. The largest absolute Gasteiger partial charge is 0.462 e. The van der Waals surface area contributed by atoms with Gasteiger partial charge in [-0.3, -0.25) is 0 Å². The van der Waals surface area contributed by atoms with Gasteiger partial charge in [0.1, 0.15) is 11.6 Å². The Hall–Kier alpha value is -1.82. The summed E-state index contributed by atoms with van der Waals surface area (Å²) in [6.45, 7) is 4.33. The van der Waals surface area contributed by atoms with Gasteiger partial charge in [0, 0.05) is 38.0 Å². The first-order chi connectivity index (χ1) is 11.1. The van der Waals surface area contributed by atoms with Gasteiger partial charge in [0.25, 0.3) is 0 Å². The third-order valence-corrected chi connectivity index (χ3v) is 4.43. The summed E-state index contributed by atoms with van der Waals surface area (Å²) < 4.78 is 25.1. The third kappa shape index (κ3) is 3.58. The van der Waals surface area contributed by atoms with Crippen LogP contribution in [0.25, 0.3) is 0 Å². The van der Waals surface area contributed by atoms with Gasteiger partial charge in [0.2, 0.25) is 5.79 Å². The number of urea groups is 1. The summed E-state index contributed by atoms with van der Waals surface area (Å²) in [7, 11) is 0. The minimum Gasteiger partial charge on any atom is -0.462 e. The van der Waals surface area contributed by atoms with Crippen LogP contribution < -0.4 is 10.1 Å². The number of likely N-dealkylation sites (tertiary alicyclic amines) is 1. The van der Waals surface area contributed by atoms with Crippen molar-refractivity contribution in [1.29, 1.82) is 0 Å². The maximum atomic E-state index is 13.2. The van der Waals surface area contributed by atoms with E-state index in [9.17, 15) is 9.18 Å². The molecule has 0 aliphatic carbocycles. The van der Waals surface area contributed by atoms with Gasteiger partial charge in [-0.1, -0.05) is 13.3 Å². The number of amides is 2. The van der Waals surface area contributed by atoms with Gasteiger partial charge < -0.3 is 19.7 Å². The summed E-state index contributed by atoms with van der Waals surface area (Å²) in [6, 6.07) is 4.47. The predicted octanol–water partition coefficient (Wildman–Crippen LogP) is 3.04. The molecule has 1 aromatic carbocycles. The normalized spacial score (nSPS) is 19.1. The van der Waals surface area contributed by atoms with Crippen molar-refractivity contribution in [2.75, 3.05) is 19.6 Å². The maximum absolute atomic E-state index is 13.2. The Labute approximate surface area is 135 Å². The second-order valence-corrected chi connectivity index (χ2v) is 6.13. The summed E-state index contributed by atoms with van der Waals surface area (Å²) in [5, 5.41) is 2.93. The molecule has 0 saturated carbocycles. The zero-order valence-corrected chi connectivity index (χ0v) is 13.4. The number of hydrogen-bond donors (Lipinski definition) is 1. The zero-order valence-electron chi connectivity index (χ0n) is 13.4. The highest BCUT2D eigenvalue weighted by Crippen LogP contribution is 2.37. The van der Waals surface area contributed by atoms with Gasteiger partial charge in [-0.05, 0) is 24.6 Å². The molecule has 0 unspecified atom stereocenters. The second kappa shape index (κ2) is 6.74. The van der Waals surface area contributed by atoms with E-state index in [1.807, 2.05) is 0 Å². The van der Waals surface area contributed by atoms with Crippen molar-refractivity contribution in [3.05, 3.63) is 29.6 Å². The smallest absolute Gasteiger partial charge is 0.317 e. The first-order valence-corrected chi connectivity index (χ1v) is 8.26.